The van der Waals surface area contributed by atoms with Crippen molar-refractivity contribution in [3.05, 3.63) is 27.7 Å². The highest BCUT2D eigenvalue weighted by Gasteiger charge is 2.17. The van der Waals surface area contributed by atoms with Crippen molar-refractivity contribution < 1.29 is 9.53 Å². The zero-order valence-corrected chi connectivity index (χ0v) is 10.5. The number of esters is 1. The van der Waals surface area contributed by atoms with E-state index in [1.807, 2.05) is 19.1 Å². The molecule has 84 valence electrons. The fraction of sp³-hybridized carbons (Fsp3) is 0.182. The lowest BCUT2D eigenvalue weighted by Crippen LogP contribution is -2.03. The molecule has 4 nitrogen and oxygen atoms in total. The van der Waals surface area contributed by atoms with Gasteiger partial charge in [-0.15, -0.1) is 0 Å². The second kappa shape index (κ2) is 3.83. The van der Waals surface area contributed by atoms with Crippen LogP contribution in [-0.2, 0) is 4.74 Å². The minimum Gasteiger partial charge on any atom is -0.465 e. The van der Waals surface area contributed by atoms with Crippen molar-refractivity contribution in [2.24, 2.45) is 0 Å². The SMILES string of the molecule is COC(=O)c1c(N)[nH]c2cc(C)c(Br)cc12. The van der Waals surface area contributed by atoms with E-state index in [0.717, 1.165) is 20.9 Å². The van der Waals surface area contributed by atoms with Crippen LogP contribution >= 0.6 is 15.9 Å². The number of hydrogen-bond donors (Lipinski definition) is 2. The average Bonchev–Trinajstić information content (AvgIpc) is 2.54. The molecule has 0 bridgehead atoms. The first-order valence-electron chi connectivity index (χ1n) is 4.70. The van der Waals surface area contributed by atoms with Crippen molar-refractivity contribution >= 4 is 38.6 Å². The number of aromatic nitrogens is 1. The van der Waals surface area contributed by atoms with Gasteiger partial charge in [0, 0.05) is 15.4 Å². The first kappa shape index (κ1) is 11.0. The van der Waals surface area contributed by atoms with E-state index in [1.54, 1.807) is 0 Å². The van der Waals surface area contributed by atoms with E-state index in [0.29, 0.717) is 11.4 Å². The molecule has 1 heterocycles. The second-order valence-corrected chi connectivity index (χ2v) is 4.41. The van der Waals surface area contributed by atoms with Crippen LogP contribution in [0.1, 0.15) is 15.9 Å². The molecule has 1 aromatic carbocycles. The minimum atomic E-state index is -0.431. The topological polar surface area (TPSA) is 68.1 Å². The lowest BCUT2D eigenvalue weighted by atomic mass is 10.1. The van der Waals surface area contributed by atoms with Crippen LogP contribution in [0, 0.1) is 6.92 Å². The summed E-state index contributed by atoms with van der Waals surface area (Å²) >= 11 is 3.42. The van der Waals surface area contributed by atoms with E-state index in [-0.39, 0.29) is 0 Å². The van der Waals surface area contributed by atoms with Crippen molar-refractivity contribution in [3.63, 3.8) is 0 Å². The van der Waals surface area contributed by atoms with Gasteiger partial charge in [-0.1, -0.05) is 15.9 Å². The summed E-state index contributed by atoms with van der Waals surface area (Å²) in [6.45, 7) is 1.97. The van der Waals surface area contributed by atoms with Crippen LogP contribution in [0.25, 0.3) is 10.9 Å². The summed E-state index contributed by atoms with van der Waals surface area (Å²) < 4.78 is 5.63. The second-order valence-electron chi connectivity index (χ2n) is 3.55. The molecule has 0 spiro atoms. The number of hydrogen-bond acceptors (Lipinski definition) is 3. The number of carbonyl (C=O) groups is 1. The normalized spacial score (nSPS) is 10.7. The average molecular weight is 283 g/mol. The van der Waals surface area contributed by atoms with Crippen LogP contribution in [-0.4, -0.2) is 18.1 Å². The van der Waals surface area contributed by atoms with Gasteiger partial charge in [0.25, 0.3) is 0 Å². The smallest absolute Gasteiger partial charge is 0.342 e. The van der Waals surface area contributed by atoms with E-state index >= 15 is 0 Å². The first-order chi connectivity index (χ1) is 7.54. The van der Waals surface area contributed by atoms with Gasteiger partial charge in [-0.05, 0) is 24.6 Å². The molecule has 0 fully saturated rings. The number of aryl methyl sites for hydroxylation is 1. The Kier molecular flexibility index (Phi) is 2.63. The zero-order valence-electron chi connectivity index (χ0n) is 8.93. The molecule has 1 aromatic heterocycles. The molecule has 0 saturated carbocycles. The van der Waals surface area contributed by atoms with Gasteiger partial charge in [0.15, 0.2) is 0 Å². The number of anilines is 1. The number of H-pyrrole nitrogens is 1. The van der Waals surface area contributed by atoms with E-state index in [1.165, 1.54) is 7.11 Å². The molecule has 0 unspecified atom stereocenters. The molecule has 0 aliphatic heterocycles. The van der Waals surface area contributed by atoms with Gasteiger partial charge in [-0.3, -0.25) is 0 Å². The maximum Gasteiger partial charge on any atom is 0.342 e. The zero-order chi connectivity index (χ0) is 11.9. The highest BCUT2D eigenvalue weighted by atomic mass is 79.9. The van der Waals surface area contributed by atoms with E-state index < -0.39 is 5.97 Å². The van der Waals surface area contributed by atoms with Crippen molar-refractivity contribution in [2.75, 3.05) is 12.8 Å². The summed E-state index contributed by atoms with van der Waals surface area (Å²) in [6.07, 6.45) is 0. The quantitative estimate of drug-likeness (QED) is 0.790. The van der Waals surface area contributed by atoms with Gasteiger partial charge in [-0.25, -0.2) is 4.79 Å². The Morgan fingerprint density at radius 2 is 2.19 bits per heavy atom. The molecule has 16 heavy (non-hydrogen) atoms. The lowest BCUT2D eigenvalue weighted by molar-refractivity contribution is 0.0604. The monoisotopic (exact) mass is 282 g/mol. The number of nitrogens with one attached hydrogen (secondary N) is 1. The number of halogens is 1. The Bertz CT molecular complexity index is 575. The van der Waals surface area contributed by atoms with Crippen LogP contribution < -0.4 is 5.73 Å². The predicted molar refractivity (Wildman–Crippen MR) is 66.5 cm³/mol. The number of carbonyl (C=O) groups excluding carboxylic acids is 1. The number of rotatable bonds is 1. The maximum atomic E-state index is 11.6. The predicted octanol–water partition coefficient (Wildman–Crippen LogP) is 2.61. The van der Waals surface area contributed by atoms with E-state index in [4.69, 9.17) is 10.5 Å². The summed E-state index contributed by atoms with van der Waals surface area (Å²) in [7, 11) is 1.34. The largest absolute Gasteiger partial charge is 0.465 e. The van der Waals surface area contributed by atoms with Crippen LogP contribution in [0.3, 0.4) is 0 Å². The fourth-order valence-corrected chi connectivity index (χ4v) is 2.01. The van der Waals surface area contributed by atoms with Crippen LogP contribution in [0.4, 0.5) is 5.82 Å². The molecular formula is C11H11BrN2O2. The minimum absolute atomic E-state index is 0.333. The number of methoxy groups -OCH3 is 1. The third-order valence-corrected chi connectivity index (χ3v) is 3.35. The molecule has 0 aliphatic rings. The molecule has 0 aliphatic carbocycles. The third-order valence-electron chi connectivity index (χ3n) is 2.50. The first-order valence-corrected chi connectivity index (χ1v) is 5.49. The molecule has 2 rings (SSSR count). The Labute approximate surface area is 101 Å². The van der Waals surface area contributed by atoms with Crippen molar-refractivity contribution in [1.29, 1.82) is 0 Å². The molecule has 0 atom stereocenters. The third kappa shape index (κ3) is 1.57. The summed E-state index contributed by atoms with van der Waals surface area (Å²) in [4.78, 5) is 14.5. The number of ether oxygens (including phenoxy) is 1. The maximum absolute atomic E-state index is 11.6. The van der Waals surface area contributed by atoms with Crippen LogP contribution in [0.15, 0.2) is 16.6 Å². The number of aromatic amines is 1. The van der Waals surface area contributed by atoms with Crippen LogP contribution in [0.5, 0.6) is 0 Å². The Balaban J connectivity index is 2.79. The van der Waals surface area contributed by atoms with Crippen molar-refractivity contribution in [3.8, 4) is 0 Å². The van der Waals surface area contributed by atoms with Gasteiger partial charge in [0.2, 0.25) is 0 Å². The lowest BCUT2D eigenvalue weighted by Gasteiger charge is -2.00. The summed E-state index contributed by atoms with van der Waals surface area (Å²) in [5.74, 6) is -0.0983. The van der Waals surface area contributed by atoms with Crippen LogP contribution in [0.2, 0.25) is 0 Å². The molecule has 5 heteroatoms. The van der Waals surface area contributed by atoms with E-state index in [2.05, 4.69) is 20.9 Å². The molecular weight excluding hydrogens is 272 g/mol. The fourth-order valence-electron chi connectivity index (χ4n) is 1.67. The highest BCUT2D eigenvalue weighted by molar-refractivity contribution is 9.10. The molecule has 0 radical (unpaired) electrons. The van der Waals surface area contributed by atoms with Gasteiger partial charge in [0.05, 0.1) is 7.11 Å². The van der Waals surface area contributed by atoms with Crippen molar-refractivity contribution in [2.45, 2.75) is 6.92 Å². The van der Waals surface area contributed by atoms with Gasteiger partial charge < -0.3 is 15.5 Å². The number of fused-ring (bicyclic) bond motifs is 1. The van der Waals surface area contributed by atoms with Gasteiger partial charge in [0.1, 0.15) is 11.4 Å². The molecule has 2 aromatic rings. The van der Waals surface area contributed by atoms with E-state index in [9.17, 15) is 4.79 Å². The molecule has 3 N–H and O–H groups in total. The highest BCUT2D eigenvalue weighted by Crippen LogP contribution is 2.29. The molecule has 0 amide bonds. The Morgan fingerprint density at radius 1 is 1.50 bits per heavy atom. The van der Waals surface area contributed by atoms with Gasteiger partial charge in [-0.2, -0.15) is 0 Å². The Morgan fingerprint density at radius 3 is 2.81 bits per heavy atom. The summed E-state index contributed by atoms with van der Waals surface area (Å²) in [6, 6.07) is 3.80. The number of nitrogens with two attached hydrogens (primary N) is 1. The van der Waals surface area contributed by atoms with Crippen molar-refractivity contribution in [1.82, 2.24) is 4.98 Å². The standard InChI is InChI=1S/C11H11BrN2O2/c1-5-3-8-6(4-7(5)12)9(10(13)14-8)11(15)16-2/h3-4,14H,13H2,1-2H3. The number of nitrogen functional groups attached to an aromatic ring is 1. The van der Waals surface area contributed by atoms with Gasteiger partial charge >= 0.3 is 5.97 Å². The summed E-state index contributed by atoms with van der Waals surface area (Å²) in [5, 5.41) is 0.766. The molecule has 0 saturated heterocycles. The Hall–Kier alpha value is -1.49. The summed E-state index contributed by atoms with van der Waals surface area (Å²) in [5.41, 5.74) is 8.05. The number of benzene rings is 1.